The molecule has 1 fully saturated rings. The number of hydrogen-bond acceptors (Lipinski definition) is 9. The van der Waals surface area contributed by atoms with Crippen LogP contribution in [0, 0.1) is 0 Å². The predicted molar refractivity (Wildman–Crippen MR) is 114 cm³/mol. The Bertz CT molecular complexity index is 984. The lowest BCUT2D eigenvalue weighted by atomic mass is 10.2. The molecule has 31 heavy (non-hydrogen) atoms. The van der Waals surface area contributed by atoms with Gasteiger partial charge in [-0.3, -0.25) is 4.79 Å². The van der Waals surface area contributed by atoms with E-state index in [0.717, 1.165) is 0 Å². The normalized spacial score (nSPS) is 17.3. The van der Waals surface area contributed by atoms with Crippen molar-refractivity contribution in [1.29, 1.82) is 0 Å². The minimum atomic E-state index is -3.49. The van der Waals surface area contributed by atoms with E-state index in [-0.39, 0.29) is 41.6 Å². The molecule has 10 nitrogen and oxygen atoms in total. The Balaban J connectivity index is 2.06. The number of benzene rings is 1. The molecule has 2 heterocycles. The van der Waals surface area contributed by atoms with Crippen LogP contribution in [-0.2, 0) is 28.9 Å². The van der Waals surface area contributed by atoms with Gasteiger partial charge in [-0.2, -0.15) is 0 Å². The Morgan fingerprint density at radius 2 is 2.00 bits per heavy atom. The summed E-state index contributed by atoms with van der Waals surface area (Å²) >= 11 is 0. The van der Waals surface area contributed by atoms with E-state index in [9.17, 15) is 23.1 Å². The van der Waals surface area contributed by atoms with Crippen molar-refractivity contribution in [3.63, 3.8) is 0 Å². The Morgan fingerprint density at radius 3 is 2.61 bits per heavy atom. The minimum absolute atomic E-state index is 0.00572. The van der Waals surface area contributed by atoms with Crippen molar-refractivity contribution in [2.24, 2.45) is 0 Å². The van der Waals surface area contributed by atoms with Crippen LogP contribution in [0.15, 0.2) is 34.4 Å². The molecule has 0 aliphatic carbocycles. The smallest absolute Gasteiger partial charge is 0.337 e. The standard InChI is InChI=1S/C20H27N3O7S/c1-3-31(27,28)14-4-5-17(22-7-10-30-11-8-22)16(12-14)21-18-15(20(26)29-2)13-23(6-9-24)19(18)25/h4-5,12,21,24H,3,6-11,13H2,1-2H3. The molecule has 0 unspecified atom stereocenters. The fraction of sp³-hybridized carbons (Fsp3) is 0.500. The van der Waals surface area contributed by atoms with Crippen LogP contribution in [0.3, 0.4) is 0 Å². The number of amides is 1. The van der Waals surface area contributed by atoms with Crippen molar-refractivity contribution >= 4 is 33.1 Å². The number of aliphatic hydroxyl groups excluding tert-OH is 1. The van der Waals surface area contributed by atoms with Gasteiger partial charge in [-0.15, -0.1) is 0 Å². The Hall–Kier alpha value is -2.63. The monoisotopic (exact) mass is 453 g/mol. The average molecular weight is 454 g/mol. The number of hydrogen-bond donors (Lipinski definition) is 2. The van der Waals surface area contributed by atoms with Crippen LogP contribution in [0.25, 0.3) is 0 Å². The Morgan fingerprint density at radius 1 is 1.29 bits per heavy atom. The van der Waals surface area contributed by atoms with Crippen LogP contribution in [0.2, 0.25) is 0 Å². The van der Waals surface area contributed by atoms with E-state index in [4.69, 9.17) is 9.47 Å². The van der Waals surface area contributed by atoms with Crippen LogP contribution in [0.1, 0.15) is 6.92 Å². The number of sulfone groups is 1. The SMILES string of the molecule is CCS(=O)(=O)c1ccc(N2CCOCC2)c(NC2=C(C(=O)OC)CN(CCO)C2=O)c1. The third-order valence-electron chi connectivity index (χ3n) is 5.27. The summed E-state index contributed by atoms with van der Waals surface area (Å²) in [4.78, 5) is 28.6. The quantitative estimate of drug-likeness (QED) is 0.523. The number of carbonyl (C=O) groups is 2. The third kappa shape index (κ3) is 4.83. The number of anilines is 2. The van der Waals surface area contributed by atoms with Crippen molar-refractivity contribution in [2.45, 2.75) is 11.8 Å². The van der Waals surface area contributed by atoms with Gasteiger partial charge in [0.05, 0.1) is 61.1 Å². The zero-order valence-corrected chi connectivity index (χ0v) is 18.4. The van der Waals surface area contributed by atoms with Gasteiger partial charge in [-0.25, -0.2) is 13.2 Å². The zero-order valence-electron chi connectivity index (χ0n) is 17.6. The molecule has 0 atom stereocenters. The number of morpholine rings is 1. The summed E-state index contributed by atoms with van der Waals surface area (Å²) in [5, 5.41) is 12.2. The van der Waals surface area contributed by atoms with Crippen molar-refractivity contribution in [3.05, 3.63) is 29.5 Å². The molecule has 1 aromatic carbocycles. The van der Waals surface area contributed by atoms with Crippen LogP contribution < -0.4 is 10.2 Å². The van der Waals surface area contributed by atoms with Gasteiger partial charge in [-0.1, -0.05) is 6.92 Å². The average Bonchev–Trinajstić information content (AvgIpc) is 3.09. The maximum absolute atomic E-state index is 12.9. The molecule has 0 radical (unpaired) electrons. The zero-order chi connectivity index (χ0) is 22.6. The number of rotatable bonds is 8. The molecule has 0 aromatic heterocycles. The van der Waals surface area contributed by atoms with Crippen molar-refractivity contribution < 1.29 is 32.6 Å². The number of esters is 1. The van der Waals surface area contributed by atoms with Gasteiger partial charge in [0.2, 0.25) is 0 Å². The second-order valence-corrected chi connectivity index (χ2v) is 9.38. The second-order valence-electron chi connectivity index (χ2n) is 7.10. The first-order valence-electron chi connectivity index (χ1n) is 10.0. The third-order valence-corrected chi connectivity index (χ3v) is 7.00. The molecule has 0 spiro atoms. The van der Waals surface area contributed by atoms with E-state index < -0.39 is 21.7 Å². The fourth-order valence-electron chi connectivity index (χ4n) is 3.54. The van der Waals surface area contributed by atoms with E-state index in [1.165, 1.54) is 18.1 Å². The largest absolute Gasteiger partial charge is 0.466 e. The molecule has 3 rings (SSSR count). The van der Waals surface area contributed by atoms with E-state index in [1.54, 1.807) is 19.1 Å². The lowest BCUT2D eigenvalue weighted by Crippen LogP contribution is -2.37. The van der Waals surface area contributed by atoms with E-state index in [0.29, 0.717) is 37.7 Å². The van der Waals surface area contributed by atoms with Gasteiger partial charge in [-0.05, 0) is 18.2 Å². The van der Waals surface area contributed by atoms with Gasteiger partial charge in [0, 0.05) is 19.6 Å². The highest BCUT2D eigenvalue weighted by Gasteiger charge is 2.35. The molecule has 1 aromatic rings. The summed E-state index contributed by atoms with van der Waals surface area (Å²) in [6.45, 7) is 3.60. The predicted octanol–water partition coefficient (Wildman–Crippen LogP) is -0.00970. The number of nitrogens with one attached hydrogen (secondary N) is 1. The maximum Gasteiger partial charge on any atom is 0.337 e. The number of nitrogens with zero attached hydrogens (tertiary/aromatic N) is 2. The summed E-state index contributed by atoms with van der Waals surface area (Å²) in [6, 6.07) is 4.71. The van der Waals surface area contributed by atoms with Crippen molar-refractivity contribution in [2.75, 3.05) is 69.1 Å². The molecule has 2 aliphatic rings. The van der Waals surface area contributed by atoms with Crippen LogP contribution in [0.4, 0.5) is 11.4 Å². The van der Waals surface area contributed by atoms with Crippen molar-refractivity contribution in [3.8, 4) is 0 Å². The molecular weight excluding hydrogens is 426 g/mol. The number of β-amino-alcohol motifs (C(OH)–C–C–N with tert-alkyl or cyclic N) is 1. The first kappa shape index (κ1) is 23.0. The van der Waals surface area contributed by atoms with E-state index in [2.05, 4.69) is 5.32 Å². The summed E-state index contributed by atoms with van der Waals surface area (Å²) in [6.07, 6.45) is 0. The molecule has 11 heteroatoms. The fourth-order valence-corrected chi connectivity index (χ4v) is 4.45. The van der Waals surface area contributed by atoms with Crippen LogP contribution in [-0.4, -0.2) is 89.2 Å². The summed E-state index contributed by atoms with van der Waals surface area (Å²) in [5.41, 5.74) is 1.23. The summed E-state index contributed by atoms with van der Waals surface area (Å²) < 4.78 is 35.1. The van der Waals surface area contributed by atoms with Gasteiger partial charge < -0.3 is 29.7 Å². The molecule has 0 saturated carbocycles. The first-order valence-corrected chi connectivity index (χ1v) is 11.7. The Labute approximate surface area is 181 Å². The Kier molecular flexibility index (Phi) is 7.19. The molecule has 2 N–H and O–H groups in total. The summed E-state index contributed by atoms with van der Waals surface area (Å²) in [5.74, 6) is -1.20. The molecule has 2 aliphatic heterocycles. The second kappa shape index (κ2) is 9.67. The lowest BCUT2D eigenvalue weighted by molar-refractivity contribution is -0.136. The first-order chi connectivity index (χ1) is 14.8. The van der Waals surface area contributed by atoms with Gasteiger partial charge in [0.15, 0.2) is 9.84 Å². The number of methoxy groups -OCH3 is 1. The van der Waals surface area contributed by atoms with Gasteiger partial charge >= 0.3 is 5.97 Å². The molecule has 1 saturated heterocycles. The van der Waals surface area contributed by atoms with Crippen molar-refractivity contribution in [1.82, 2.24) is 4.90 Å². The highest BCUT2D eigenvalue weighted by Crippen LogP contribution is 2.33. The topological polar surface area (TPSA) is 125 Å². The summed E-state index contributed by atoms with van der Waals surface area (Å²) in [7, 11) is -2.27. The number of ether oxygens (including phenoxy) is 2. The van der Waals surface area contributed by atoms with Gasteiger partial charge in [0.1, 0.15) is 5.70 Å². The number of aliphatic hydroxyl groups is 1. The van der Waals surface area contributed by atoms with Gasteiger partial charge in [0.25, 0.3) is 5.91 Å². The molecular formula is C20H27N3O7S. The highest BCUT2D eigenvalue weighted by atomic mass is 32.2. The lowest BCUT2D eigenvalue weighted by Gasteiger charge is -2.31. The highest BCUT2D eigenvalue weighted by molar-refractivity contribution is 7.91. The molecule has 1 amide bonds. The molecule has 170 valence electrons. The number of carbonyl (C=O) groups excluding carboxylic acids is 2. The molecule has 0 bridgehead atoms. The van der Waals surface area contributed by atoms with Crippen LogP contribution >= 0.6 is 0 Å². The van der Waals surface area contributed by atoms with E-state index in [1.807, 2.05) is 4.90 Å². The maximum atomic E-state index is 12.9. The van der Waals surface area contributed by atoms with E-state index >= 15 is 0 Å². The van der Waals surface area contributed by atoms with Crippen LogP contribution in [0.5, 0.6) is 0 Å². The minimum Gasteiger partial charge on any atom is -0.466 e.